The van der Waals surface area contributed by atoms with Crippen LogP contribution in [-0.4, -0.2) is 34.8 Å². The number of aliphatic hydroxyl groups is 1. The highest BCUT2D eigenvalue weighted by atomic mass is 35.5. The smallest absolute Gasteiger partial charge is 0.224 e. The van der Waals surface area contributed by atoms with Crippen LogP contribution >= 0.6 is 11.6 Å². The fourth-order valence-corrected chi connectivity index (χ4v) is 2.09. The predicted octanol–water partition coefficient (Wildman–Crippen LogP) is 2.14. The van der Waals surface area contributed by atoms with E-state index in [1.165, 1.54) is 0 Å². The van der Waals surface area contributed by atoms with Crippen LogP contribution in [0, 0.1) is 5.41 Å². The second-order valence-electron chi connectivity index (χ2n) is 4.75. The summed E-state index contributed by atoms with van der Waals surface area (Å²) in [5.41, 5.74) is 0.237. The third kappa shape index (κ3) is 3.23. The summed E-state index contributed by atoms with van der Waals surface area (Å²) in [4.78, 5) is 8.42. The van der Waals surface area contributed by atoms with Gasteiger partial charge in [-0.2, -0.15) is 4.98 Å². The van der Waals surface area contributed by atoms with Gasteiger partial charge in [-0.25, -0.2) is 4.98 Å². The van der Waals surface area contributed by atoms with Crippen LogP contribution in [0.15, 0.2) is 6.20 Å². The lowest BCUT2D eigenvalue weighted by Gasteiger charge is -2.16. The van der Waals surface area contributed by atoms with E-state index in [0.717, 1.165) is 32.4 Å². The van der Waals surface area contributed by atoms with Gasteiger partial charge in [0.1, 0.15) is 5.02 Å². The minimum atomic E-state index is 0.237. The average Bonchev–Trinajstić information content (AvgIpc) is 3.11. The second-order valence-corrected chi connectivity index (χ2v) is 5.15. The first kappa shape index (κ1) is 13.4. The van der Waals surface area contributed by atoms with Gasteiger partial charge in [0.05, 0.1) is 6.20 Å². The highest BCUT2D eigenvalue weighted by Crippen LogP contribution is 2.48. The Morgan fingerprint density at radius 3 is 2.83 bits per heavy atom. The van der Waals surface area contributed by atoms with Crippen LogP contribution in [0.4, 0.5) is 11.8 Å². The van der Waals surface area contributed by atoms with Gasteiger partial charge < -0.3 is 15.7 Å². The number of hydrogen-bond acceptors (Lipinski definition) is 5. The van der Waals surface area contributed by atoms with E-state index in [1.54, 1.807) is 6.20 Å². The lowest BCUT2D eigenvalue weighted by molar-refractivity contribution is 0.253. The molecule has 0 radical (unpaired) electrons. The molecule has 0 aromatic carbocycles. The van der Waals surface area contributed by atoms with Crippen LogP contribution in [0.5, 0.6) is 0 Å². The Hall–Kier alpha value is -1.07. The normalized spacial score (nSPS) is 16.4. The van der Waals surface area contributed by atoms with Crippen molar-refractivity contribution in [3.8, 4) is 0 Å². The van der Waals surface area contributed by atoms with Gasteiger partial charge in [0.25, 0.3) is 0 Å². The number of aromatic nitrogens is 2. The molecule has 1 fully saturated rings. The minimum absolute atomic E-state index is 0.237. The molecule has 0 aliphatic heterocycles. The molecule has 0 spiro atoms. The Kier molecular flexibility index (Phi) is 4.24. The van der Waals surface area contributed by atoms with Crippen LogP contribution in [0.3, 0.4) is 0 Å². The second kappa shape index (κ2) is 5.71. The summed E-state index contributed by atoms with van der Waals surface area (Å²) in [6, 6.07) is 0. The molecule has 1 aliphatic rings. The van der Waals surface area contributed by atoms with Crippen LogP contribution in [-0.2, 0) is 0 Å². The van der Waals surface area contributed by atoms with Crippen LogP contribution in [0.1, 0.15) is 26.2 Å². The highest BCUT2D eigenvalue weighted by molar-refractivity contribution is 6.32. The van der Waals surface area contributed by atoms with Gasteiger partial charge in [-0.1, -0.05) is 11.6 Å². The molecule has 1 aromatic heterocycles. The SMILES string of the molecule is CCNc1ncc(Cl)c(NCC2(CCO)CC2)n1. The Bertz CT molecular complexity index is 409. The van der Waals surface area contributed by atoms with Crippen molar-refractivity contribution in [3.63, 3.8) is 0 Å². The van der Waals surface area contributed by atoms with E-state index in [9.17, 15) is 0 Å². The van der Waals surface area contributed by atoms with Crippen molar-refractivity contribution in [2.45, 2.75) is 26.2 Å². The van der Waals surface area contributed by atoms with Crippen LogP contribution in [0.2, 0.25) is 5.02 Å². The summed E-state index contributed by atoms with van der Waals surface area (Å²) in [6.07, 6.45) is 4.75. The Morgan fingerprint density at radius 2 is 2.22 bits per heavy atom. The van der Waals surface area contributed by atoms with E-state index < -0.39 is 0 Å². The van der Waals surface area contributed by atoms with E-state index in [1.807, 2.05) is 6.92 Å². The molecule has 0 atom stereocenters. The molecular weight excluding hydrogens is 252 g/mol. The molecular formula is C12H19ClN4O. The first-order valence-electron chi connectivity index (χ1n) is 6.30. The summed E-state index contributed by atoms with van der Waals surface area (Å²) >= 11 is 6.06. The molecule has 1 aromatic rings. The zero-order valence-corrected chi connectivity index (χ0v) is 11.3. The highest BCUT2D eigenvalue weighted by Gasteiger charge is 2.41. The van der Waals surface area contributed by atoms with Gasteiger partial charge in [0.15, 0.2) is 5.82 Å². The van der Waals surface area contributed by atoms with Gasteiger partial charge in [0, 0.05) is 19.7 Å². The molecule has 1 heterocycles. The lowest BCUT2D eigenvalue weighted by Crippen LogP contribution is -2.18. The van der Waals surface area contributed by atoms with E-state index in [2.05, 4.69) is 20.6 Å². The molecule has 1 saturated carbocycles. The van der Waals surface area contributed by atoms with Crippen molar-refractivity contribution in [1.82, 2.24) is 9.97 Å². The number of rotatable bonds is 7. The summed E-state index contributed by atoms with van der Waals surface area (Å²) < 4.78 is 0. The van der Waals surface area contributed by atoms with Crippen molar-refractivity contribution >= 4 is 23.4 Å². The predicted molar refractivity (Wildman–Crippen MR) is 73.1 cm³/mol. The zero-order valence-electron chi connectivity index (χ0n) is 10.5. The van der Waals surface area contributed by atoms with Crippen molar-refractivity contribution < 1.29 is 5.11 Å². The van der Waals surface area contributed by atoms with Gasteiger partial charge in [-0.3, -0.25) is 0 Å². The van der Waals surface area contributed by atoms with E-state index in [0.29, 0.717) is 16.8 Å². The fourth-order valence-electron chi connectivity index (χ4n) is 1.93. The number of nitrogens with one attached hydrogen (secondary N) is 2. The quantitative estimate of drug-likeness (QED) is 0.708. The van der Waals surface area contributed by atoms with E-state index >= 15 is 0 Å². The monoisotopic (exact) mass is 270 g/mol. The Morgan fingerprint density at radius 1 is 1.44 bits per heavy atom. The van der Waals surface area contributed by atoms with Gasteiger partial charge in [-0.05, 0) is 31.6 Å². The number of aliphatic hydroxyl groups excluding tert-OH is 1. The molecule has 0 bridgehead atoms. The Labute approximate surface area is 112 Å². The van der Waals surface area contributed by atoms with Gasteiger partial charge in [-0.15, -0.1) is 0 Å². The first-order valence-corrected chi connectivity index (χ1v) is 6.68. The van der Waals surface area contributed by atoms with Crippen LogP contribution in [0.25, 0.3) is 0 Å². The lowest BCUT2D eigenvalue weighted by atomic mass is 10.0. The number of nitrogens with zero attached hydrogens (tertiary/aromatic N) is 2. The molecule has 2 rings (SSSR count). The molecule has 100 valence electrons. The zero-order chi connectivity index (χ0) is 13.0. The number of anilines is 2. The molecule has 5 nitrogen and oxygen atoms in total. The molecule has 1 aliphatic carbocycles. The van der Waals surface area contributed by atoms with Crippen molar-refractivity contribution in [3.05, 3.63) is 11.2 Å². The first-order chi connectivity index (χ1) is 8.69. The number of hydrogen-bond donors (Lipinski definition) is 3. The minimum Gasteiger partial charge on any atom is -0.396 e. The third-order valence-electron chi connectivity index (χ3n) is 3.31. The maximum Gasteiger partial charge on any atom is 0.224 e. The summed E-state index contributed by atoms with van der Waals surface area (Å²) in [7, 11) is 0. The Balaban J connectivity index is 1.97. The van der Waals surface area contributed by atoms with Gasteiger partial charge >= 0.3 is 0 Å². The molecule has 18 heavy (non-hydrogen) atoms. The molecule has 0 unspecified atom stereocenters. The van der Waals surface area contributed by atoms with Crippen molar-refractivity contribution in [2.24, 2.45) is 5.41 Å². The van der Waals surface area contributed by atoms with E-state index in [-0.39, 0.29) is 12.0 Å². The largest absolute Gasteiger partial charge is 0.396 e. The summed E-state index contributed by atoms with van der Waals surface area (Å²) in [5.74, 6) is 1.24. The fraction of sp³-hybridized carbons (Fsp3) is 0.667. The van der Waals surface area contributed by atoms with E-state index in [4.69, 9.17) is 16.7 Å². The third-order valence-corrected chi connectivity index (χ3v) is 3.59. The topological polar surface area (TPSA) is 70.1 Å². The molecule has 0 saturated heterocycles. The summed E-state index contributed by atoms with van der Waals surface area (Å²) in [5, 5.41) is 15.9. The van der Waals surface area contributed by atoms with Crippen molar-refractivity contribution in [2.75, 3.05) is 30.3 Å². The maximum absolute atomic E-state index is 9.02. The molecule has 6 heteroatoms. The molecule has 0 amide bonds. The molecule has 3 N–H and O–H groups in total. The van der Waals surface area contributed by atoms with Crippen LogP contribution < -0.4 is 10.6 Å². The average molecular weight is 271 g/mol. The number of halogens is 1. The maximum atomic E-state index is 9.02. The summed E-state index contributed by atoms with van der Waals surface area (Å²) in [6.45, 7) is 3.80. The standard InChI is InChI=1S/C12H19ClN4O/c1-2-14-11-15-7-9(13)10(17-11)16-8-12(3-4-12)5-6-18/h7,18H,2-6,8H2,1H3,(H2,14,15,16,17). The van der Waals surface area contributed by atoms with Gasteiger partial charge in [0.2, 0.25) is 5.95 Å². The van der Waals surface area contributed by atoms with Crippen molar-refractivity contribution in [1.29, 1.82) is 0 Å².